The number of hydrogen-bond donors (Lipinski definition) is 0. The number of para-hydroxylation sites is 1. The molecule has 56 heavy (non-hydrogen) atoms. The molecular formula is C52H35N3O. The van der Waals surface area contributed by atoms with Gasteiger partial charge in [0, 0.05) is 38.3 Å². The third-order valence-electron chi connectivity index (χ3n) is 11.5. The summed E-state index contributed by atoms with van der Waals surface area (Å²) < 4.78 is 6.67. The van der Waals surface area contributed by atoms with Crippen molar-refractivity contribution >= 4 is 32.7 Å². The Hall–Kier alpha value is -7.17. The molecule has 0 spiro atoms. The highest BCUT2D eigenvalue weighted by atomic mass is 16.3. The molecule has 0 atom stereocenters. The van der Waals surface area contributed by atoms with E-state index in [2.05, 4.69) is 172 Å². The average Bonchev–Trinajstić information content (AvgIpc) is 3.77. The number of nitrogens with zero attached hydrogens (tertiary/aromatic N) is 3. The molecule has 2 aromatic heterocycles. The molecule has 4 heteroatoms. The van der Waals surface area contributed by atoms with Gasteiger partial charge in [0.05, 0.1) is 0 Å². The molecular weight excluding hydrogens is 683 g/mol. The lowest BCUT2D eigenvalue weighted by Crippen LogP contribution is -2.17. The van der Waals surface area contributed by atoms with Crippen LogP contribution in [-0.4, -0.2) is 15.0 Å². The fraction of sp³-hybridized carbons (Fsp3) is 0.0577. The third kappa shape index (κ3) is 4.96. The first kappa shape index (κ1) is 32.3. The lowest BCUT2D eigenvalue weighted by Gasteiger charge is -2.25. The van der Waals surface area contributed by atoms with Gasteiger partial charge in [-0.3, -0.25) is 0 Å². The van der Waals surface area contributed by atoms with Crippen LogP contribution in [0.4, 0.5) is 0 Å². The molecule has 0 unspecified atom stereocenters. The maximum Gasteiger partial charge on any atom is 0.164 e. The maximum atomic E-state index is 6.67. The van der Waals surface area contributed by atoms with E-state index < -0.39 is 5.41 Å². The van der Waals surface area contributed by atoms with Gasteiger partial charge in [-0.25, -0.2) is 15.0 Å². The summed E-state index contributed by atoms with van der Waals surface area (Å²) in [6, 6.07) is 61.6. The lowest BCUT2D eigenvalue weighted by molar-refractivity contribution is 0.660. The van der Waals surface area contributed by atoms with Gasteiger partial charge in [0.15, 0.2) is 17.5 Å². The molecule has 0 aliphatic heterocycles. The Bertz CT molecular complexity index is 3030. The van der Waals surface area contributed by atoms with Crippen LogP contribution < -0.4 is 0 Å². The predicted molar refractivity (Wildman–Crippen MR) is 229 cm³/mol. The van der Waals surface area contributed by atoms with Gasteiger partial charge in [-0.05, 0) is 56.0 Å². The summed E-state index contributed by atoms with van der Waals surface area (Å²) in [5.74, 6) is 1.92. The van der Waals surface area contributed by atoms with Gasteiger partial charge in [0.2, 0.25) is 0 Å². The second kappa shape index (κ2) is 12.4. The number of furan rings is 1. The van der Waals surface area contributed by atoms with Gasteiger partial charge in [0.25, 0.3) is 0 Å². The molecule has 11 rings (SSSR count). The van der Waals surface area contributed by atoms with E-state index in [1.807, 2.05) is 18.2 Å². The Morgan fingerprint density at radius 1 is 0.375 bits per heavy atom. The molecule has 0 saturated heterocycles. The molecule has 0 fully saturated rings. The molecule has 0 saturated carbocycles. The van der Waals surface area contributed by atoms with E-state index in [-0.39, 0.29) is 0 Å². The topological polar surface area (TPSA) is 51.8 Å². The number of benzene rings is 8. The molecule has 0 amide bonds. The van der Waals surface area contributed by atoms with Gasteiger partial charge < -0.3 is 4.42 Å². The van der Waals surface area contributed by atoms with E-state index in [0.717, 1.165) is 49.8 Å². The third-order valence-corrected chi connectivity index (χ3v) is 11.5. The molecule has 264 valence electrons. The van der Waals surface area contributed by atoms with Gasteiger partial charge in [-0.15, -0.1) is 0 Å². The quantitative estimate of drug-likeness (QED) is 0.178. The van der Waals surface area contributed by atoms with Crippen molar-refractivity contribution < 1.29 is 4.42 Å². The van der Waals surface area contributed by atoms with E-state index in [0.29, 0.717) is 17.5 Å². The number of aromatic nitrogens is 3. The molecule has 1 aliphatic rings. The first-order valence-electron chi connectivity index (χ1n) is 19.1. The van der Waals surface area contributed by atoms with Gasteiger partial charge in [-0.2, -0.15) is 0 Å². The Morgan fingerprint density at radius 3 is 1.45 bits per heavy atom. The monoisotopic (exact) mass is 717 g/mol. The Labute approximate surface area is 324 Å². The minimum absolute atomic E-state index is 0.405. The number of rotatable bonds is 5. The maximum absolute atomic E-state index is 6.67. The first-order valence-corrected chi connectivity index (χ1v) is 19.1. The van der Waals surface area contributed by atoms with Crippen LogP contribution >= 0.6 is 0 Å². The average molecular weight is 718 g/mol. The fourth-order valence-electron chi connectivity index (χ4n) is 8.93. The van der Waals surface area contributed by atoms with E-state index in [1.54, 1.807) is 0 Å². The van der Waals surface area contributed by atoms with E-state index in [1.165, 1.54) is 44.2 Å². The van der Waals surface area contributed by atoms with Crippen LogP contribution in [0.3, 0.4) is 0 Å². The second-order valence-electron chi connectivity index (χ2n) is 15.1. The first-order chi connectivity index (χ1) is 27.5. The Kier molecular flexibility index (Phi) is 7.17. The molecule has 10 aromatic rings. The van der Waals surface area contributed by atoms with Crippen molar-refractivity contribution in [3.63, 3.8) is 0 Å². The van der Waals surface area contributed by atoms with E-state index in [9.17, 15) is 0 Å². The van der Waals surface area contributed by atoms with Crippen LogP contribution in [0.25, 0.3) is 100 Å². The standard InChI is InChI=1S/C52H35N3O/c1-52(2)46-41(44-38-18-9-10-19-39(38)48-45(47(44)52)40-20-11-12-23-43(40)56-48)21-13-22-42(46)51-54-49(36-28-24-34(25-29-36)32-14-5-3-6-15-32)53-50(55-51)37-30-26-35(27-31-37)33-16-7-4-8-17-33/h3-31H,1-2H3. The minimum atomic E-state index is -0.405. The van der Waals surface area contributed by atoms with Crippen LogP contribution in [0, 0.1) is 0 Å². The Morgan fingerprint density at radius 2 is 0.839 bits per heavy atom. The summed E-state index contributed by atoms with van der Waals surface area (Å²) in [4.78, 5) is 15.7. The molecule has 0 N–H and O–H groups in total. The summed E-state index contributed by atoms with van der Waals surface area (Å²) in [5.41, 5.74) is 13.9. The Balaban J connectivity index is 1.13. The molecule has 8 aromatic carbocycles. The summed E-state index contributed by atoms with van der Waals surface area (Å²) in [6.07, 6.45) is 0. The SMILES string of the molecule is CC1(C)c2c(-c3nc(-c4ccc(-c5ccccc5)cc4)nc(-c4ccc(-c5ccccc5)cc4)n3)cccc2-c2c1c1c3ccccc3oc1c1ccccc21. The molecule has 2 heterocycles. The molecule has 1 aliphatic carbocycles. The van der Waals surface area contributed by atoms with Gasteiger partial charge in [0.1, 0.15) is 11.2 Å². The smallest absolute Gasteiger partial charge is 0.164 e. The zero-order chi connectivity index (χ0) is 37.4. The summed E-state index contributed by atoms with van der Waals surface area (Å²) in [7, 11) is 0. The van der Waals surface area contributed by atoms with Crippen LogP contribution in [0.2, 0.25) is 0 Å². The fourth-order valence-corrected chi connectivity index (χ4v) is 8.93. The summed E-state index contributed by atoms with van der Waals surface area (Å²) in [6.45, 7) is 4.68. The van der Waals surface area contributed by atoms with Crippen molar-refractivity contribution in [3.8, 4) is 67.5 Å². The van der Waals surface area contributed by atoms with Crippen molar-refractivity contribution in [3.05, 3.63) is 187 Å². The predicted octanol–water partition coefficient (Wildman–Crippen LogP) is 13.6. The van der Waals surface area contributed by atoms with Crippen LogP contribution in [0.15, 0.2) is 180 Å². The zero-order valence-electron chi connectivity index (χ0n) is 31.0. The molecule has 0 radical (unpaired) electrons. The number of fused-ring (bicyclic) bond motifs is 10. The zero-order valence-corrected chi connectivity index (χ0v) is 31.0. The van der Waals surface area contributed by atoms with Crippen molar-refractivity contribution in [1.29, 1.82) is 0 Å². The van der Waals surface area contributed by atoms with Gasteiger partial charge >= 0.3 is 0 Å². The van der Waals surface area contributed by atoms with Crippen LogP contribution in [0.1, 0.15) is 25.0 Å². The minimum Gasteiger partial charge on any atom is -0.455 e. The largest absolute Gasteiger partial charge is 0.455 e. The van der Waals surface area contributed by atoms with Crippen molar-refractivity contribution in [1.82, 2.24) is 15.0 Å². The van der Waals surface area contributed by atoms with Crippen LogP contribution in [-0.2, 0) is 5.41 Å². The summed E-state index contributed by atoms with van der Waals surface area (Å²) in [5, 5.41) is 4.62. The summed E-state index contributed by atoms with van der Waals surface area (Å²) >= 11 is 0. The van der Waals surface area contributed by atoms with Gasteiger partial charge in [-0.1, -0.05) is 184 Å². The highest BCUT2D eigenvalue weighted by Gasteiger charge is 2.42. The number of hydrogen-bond acceptors (Lipinski definition) is 4. The van der Waals surface area contributed by atoms with Crippen LogP contribution in [0.5, 0.6) is 0 Å². The molecule has 4 nitrogen and oxygen atoms in total. The van der Waals surface area contributed by atoms with E-state index >= 15 is 0 Å². The second-order valence-corrected chi connectivity index (χ2v) is 15.1. The van der Waals surface area contributed by atoms with Crippen molar-refractivity contribution in [2.45, 2.75) is 19.3 Å². The van der Waals surface area contributed by atoms with Crippen molar-refractivity contribution in [2.75, 3.05) is 0 Å². The highest BCUT2D eigenvalue weighted by Crippen LogP contribution is 2.58. The van der Waals surface area contributed by atoms with Crippen molar-refractivity contribution in [2.24, 2.45) is 0 Å². The molecule has 0 bridgehead atoms. The lowest BCUT2D eigenvalue weighted by atomic mass is 9.78. The highest BCUT2D eigenvalue weighted by molar-refractivity contribution is 6.23. The van der Waals surface area contributed by atoms with E-state index in [4.69, 9.17) is 19.4 Å². The normalized spacial score (nSPS) is 13.0.